The lowest BCUT2D eigenvalue weighted by Gasteiger charge is -2.42. The Morgan fingerprint density at radius 3 is 2.20 bits per heavy atom. The van der Waals surface area contributed by atoms with Gasteiger partial charge >= 0.3 is 0 Å². The standard InChI is InChI=1S/C26H35N5O4/c1-28(2)26(33)24-18-30(22-8-10-23(34-3)11-9-22)12-13-31(24)19-25(32)27-20-4-6-21(7-5-20)29-14-16-35-17-15-29/h4-11,24H,12-19H2,1-3H3,(H,27,32)/t24-/m0/s1. The molecule has 188 valence electrons. The van der Waals surface area contributed by atoms with Crippen molar-refractivity contribution < 1.29 is 19.1 Å². The molecular weight excluding hydrogens is 446 g/mol. The fraction of sp³-hybridized carbons (Fsp3) is 0.462. The number of carbonyl (C=O) groups is 2. The minimum absolute atomic E-state index is 0.00845. The van der Waals surface area contributed by atoms with Crippen LogP contribution in [0.25, 0.3) is 0 Å². The molecule has 0 unspecified atom stereocenters. The number of hydrogen-bond donors (Lipinski definition) is 1. The van der Waals surface area contributed by atoms with Gasteiger partial charge in [-0.05, 0) is 48.5 Å². The van der Waals surface area contributed by atoms with Gasteiger partial charge in [0.2, 0.25) is 11.8 Å². The molecule has 2 heterocycles. The van der Waals surface area contributed by atoms with Gasteiger partial charge in [-0.15, -0.1) is 0 Å². The number of amides is 2. The van der Waals surface area contributed by atoms with Crippen LogP contribution in [-0.2, 0) is 14.3 Å². The molecule has 4 rings (SSSR count). The zero-order valence-electron chi connectivity index (χ0n) is 20.8. The Morgan fingerprint density at radius 1 is 0.943 bits per heavy atom. The number of nitrogens with one attached hydrogen (secondary N) is 1. The first kappa shape index (κ1) is 24.8. The van der Waals surface area contributed by atoms with Crippen molar-refractivity contribution in [3.8, 4) is 5.75 Å². The second kappa shape index (κ2) is 11.4. The number of ether oxygens (including phenoxy) is 2. The second-order valence-electron chi connectivity index (χ2n) is 9.06. The van der Waals surface area contributed by atoms with E-state index in [1.54, 1.807) is 26.1 Å². The number of benzene rings is 2. The van der Waals surface area contributed by atoms with Gasteiger partial charge in [-0.25, -0.2) is 0 Å². The van der Waals surface area contributed by atoms with E-state index in [4.69, 9.17) is 9.47 Å². The number of carbonyl (C=O) groups excluding carboxylic acids is 2. The summed E-state index contributed by atoms with van der Waals surface area (Å²) in [5, 5.41) is 2.99. The summed E-state index contributed by atoms with van der Waals surface area (Å²) < 4.78 is 10.7. The molecule has 0 saturated carbocycles. The summed E-state index contributed by atoms with van der Waals surface area (Å²) in [7, 11) is 5.15. The van der Waals surface area contributed by atoms with E-state index in [-0.39, 0.29) is 18.4 Å². The van der Waals surface area contributed by atoms with Crippen molar-refractivity contribution in [2.24, 2.45) is 0 Å². The van der Waals surface area contributed by atoms with E-state index in [0.29, 0.717) is 13.1 Å². The first-order chi connectivity index (χ1) is 16.9. The lowest BCUT2D eigenvalue weighted by Crippen LogP contribution is -2.60. The SMILES string of the molecule is COc1ccc(N2CCN(CC(=O)Nc3ccc(N4CCOCC4)cc3)[C@H](C(=O)N(C)C)C2)cc1. The van der Waals surface area contributed by atoms with Gasteiger partial charge in [0.15, 0.2) is 0 Å². The Hall–Kier alpha value is -3.30. The van der Waals surface area contributed by atoms with E-state index < -0.39 is 6.04 Å². The van der Waals surface area contributed by atoms with Crippen molar-refractivity contribution in [2.75, 3.05) is 88.8 Å². The van der Waals surface area contributed by atoms with Crippen LogP contribution in [0.3, 0.4) is 0 Å². The van der Waals surface area contributed by atoms with Crippen molar-refractivity contribution in [2.45, 2.75) is 6.04 Å². The quantitative estimate of drug-likeness (QED) is 0.646. The topological polar surface area (TPSA) is 77.6 Å². The van der Waals surface area contributed by atoms with Gasteiger partial charge in [-0.2, -0.15) is 0 Å². The first-order valence-corrected chi connectivity index (χ1v) is 12.0. The summed E-state index contributed by atoms with van der Waals surface area (Å²) in [5.41, 5.74) is 2.91. The summed E-state index contributed by atoms with van der Waals surface area (Å²) in [6.45, 7) is 5.22. The van der Waals surface area contributed by atoms with Crippen LogP contribution in [0.15, 0.2) is 48.5 Å². The van der Waals surface area contributed by atoms with Gasteiger partial charge in [0.1, 0.15) is 11.8 Å². The number of methoxy groups -OCH3 is 1. The molecule has 35 heavy (non-hydrogen) atoms. The molecule has 0 bridgehead atoms. The zero-order valence-corrected chi connectivity index (χ0v) is 20.8. The number of hydrogen-bond acceptors (Lipinski definition) is 7. The predicted octanol–water partition coefficient (Wildman–Crippen LogP) is 1.75. The fourth-order valence-electron chi connectivity index (χ4n) is 4.53. The third-order valence-electron chi connectivity index (χ3n) is 6.53. The Morgan fingerprint density at radius 2 is 1.57 bits per heavy atom. The number of likely N-dealkylation sites (N-methyl/N-ethyl adjacent to an activating group) is 1. The molecule has 2 amide bonds. The summed E-state index contributed by atoms with van der Waals surface area (Å²) >= 11 is 0. The van der Waals surface area contributed by atoms with Crippen LogP contribution in [0.2, 0.25) is 0 Å². The summed E-state index contributed by atoms with van der Waals surface area (Å²) in [6, 6.07) is 15.3. The van der Waals surface area contributed by atoms with Crippen LogP contribution in [-0.4, -0.2) is 101 Å². The molecule has 2 aliphatic rings. The third-order valence-corrected chi connectivity index (χ3v) is 6.53. The molecule has 2 aromatic rings. The Labute approximate surface area is 207 Å². The third kappa shape index (κ3) is 6.23. The minimum Gasteiger partial charge on any atom is -0.497 e. The van der Waals surface area contributed by atoms with Crippen LogP contribution in [0.5, 0.6) is 5.75 Å². The summed E-state index contributed by atoms with van der Waals surface area (Å²) in [6.07, 6.45) is 0. The van der Waals surface area contributed by atoms with Gasteiger partial charge in [0.25, 0.3) is 0 Å². The lowest BCUT2D eigenvalue weighted by atomic mass is 10.1. The highest BCUT2D eigenvalue weighted by molar-refractivity contribution is 5.93. The van der Waals surface area contributed by atoms with Gasteiger partial charge in [0, 0.05) is 63.9 Å². The maximum Gasteiger partial charge on any atom is 0.241 e. The summed E-state index contributed by atoms with van der Waals surface area (Å²) in [4.78, 5) is 33.9. The van der Waals surface area contributed by atoms with Crippen molar-refractivity contribution in [1.29, 1.82) is 0 Å². The van der Waals surface area contributed by atoms with Crippen LogP contribution in [0.1, 0.15) is 0 Å². The molecule has 1 N–H and O–H groups in total. The fourth-order valence-corrected chi connectivity index (χ4v) is 4.53. The molecule has 2 aromatic carbocycles. The van der Waals surface area contributed by atoms with Gasteiger partial charge < -0.3 is 29.5 Å². The number of nitrogens with zero attached hydrogens (tertiary/aromatic N) is 4. The minimum atomic E-state index is -0.407. The van der Waals surface area contributed by atoms with Gasteiger partial charge in [0.05, 0.1) is 26.9 Å². The van der Waals surface area contributed by atoms with Crippen molar-refractivity contribution in [1.82, 2.24) is 9.80 Å². The van der Waals surface area contributed by atoms with Crippen LogP contribution >= 0.6 is 0 Å². The largest absolute Gasteiger partial charge is 0.497 e. The number of piperazine rings is 1. The van der Waals surface area contributed by atoms with Gasteiger partial charge in [-0.1, -0.05) is 0 Å². The number of anilines is 3. The molecular formula is C26H35N5O4. The highest BCUT2D eigenvalue weighted by Gasteiger charge is 2.34. The van der Waals surface area contributed by atoms with Crippen molar-refractivity contribution in [3.63, 3.8) is 0 Å². The maximum atomic E-state index is 13.0. The van der Waals surface area contributed by atoms with E-state index >= 15 is 0 Å². The van der Waals surface area contributed by atoms with E-state index in [9.17, 15) is 9.59 Å². The van der Waals surface area contributed by atoms with Gasteiger partial charge in [-0.3, -0.25) is 14.5 Å². The van der Waals surface area contributed by atoms with Crippen LogP contribution in [0.4, 0.5) is 17.1 Å². The first-order valence-electron chi connectivity index (χ1n) is 12.0. The smallest absolute Gasteiger partial charge is 0.241 e. The summed E-state index contributed by atoms with van der Waals surface area (Å²) in [5.74, 6) is 0.660. The Bertz CT molecular complexity index is 990. The molecule has 2 fully saturated rings. The number of morpholine rings is 1. The molecule has 1 atom stereocenters. The Balaban J connectivity index is 1.38. The lowest BCUT2D eigenvalue weighted by molar-refractivity contribution is -0.135. The predicted molar refractivity (Wildman–Crippen MR) is 137 cm³/mol. The maximum absolute atomic E-state index is 13.0. The molecule has 0 aliphatic carbocycles. The zero-order chi connectivity index (χ0) is 24.8. The average molecular weight is 482 g/mol. The van der Waals surface area contributed by atoms with E-state index in [1.807, 2.05) is 53.4 Å². The molecule has 0 spiro atoms. The molecule has 9 heteroatoms. The van der Waals surface area contributed by atoms with Crippen molar-refractivity contribution in [3.05, 3.63) is 48.5 Å². The average Bonchev–Trinajstić information content (AvgIpc) is 2.89. The normalized spacial score (nSPS) is 18.8. The molecule has 2 aliphatic heterocycles. The molecule has 2 saturated heterocycles. The number of rotatable bonds is 7. The van der Waals surface area contributed by atoms with Crippen LogP contribution < -0.4 is 19.9 Å². The van der Waals surface area contributed by atoms with E-state index in [1.165, 1.54) is 0 Å². The van der Waals surface area contributed by atoms with E-state index in [0.717, 1.165) is 55.7 Å². The van der Waals surface area contributed by atoms with Crippen LogP contribution in [0, 0.1) is 0 Å². The van der Waals surface area contributed by atoms with E-state index in [2.05, 4.69) is 15.1 Å². The molecule has 0 aromatic heterocycles. The molecule has 9 nitrogen and oxygen atoms in total. The van der Waals surface area contributed by atoms with Crippen molar-refractivity contribution >= 4 is 28.9 Å². The highest BCUT2D eigenvalue weighted by atomic mass is 16.5. The molecule has 0 radical (unpaired) electrons. The second-order valence-corrected chi connectivity index (χ2v) is 9.06. The Kier molecular flexibility index (Phi) is 8.09. The monoisotopic (exact) mass is 481 g/mol. The highest BCUT2D eigenvalue weighted by Crippen LogP contribution is 2.23.